The molecule has 0 aliphatic carbocycles. The van der Waals surface area contributed by atoms with E-state index in [0.29, 0.717) is 17.7 Å². The van der Waals surface area contributed by atoms with Gasteiger partial charge in [0.25, 0.3) is 42.2 Å². The molecule has 2 amide bonds. The summed E-state index contributed by atoms with van der Waals surface area (Å²) < 4.78 is 97.1. The van der Waals surface area contributed by atoms with Crippen LogP contribution in [0.4, 0.5) is 5.69 Å². The number of amides is 2. The molecule has 0 saturated carbocycles. The van der Waals surface area contributed by atoms with E-state index >= 15 is 0 Å². The number of carbonyl (C=O) groups excluding carboxylic acids is 2. The van der Waals surface area contributed by atoms with Crippen LogP contribution in [0.1, 0.15) is 53.7 Å². The number of fused-ring (bicyclic) bond motifs is 1. The highest BCUT2D eigenvalue weighted by atomic mass is 127. The minimum Gasteiger partial charge on any atom is -0.350 e. The Kier molecular flexibility index (Phi) is 11.3. The second kappa shape index (κ2) is 13.8. The van der Waals surface area contributed by atoms with Crippen LogP contribution in [0.15, 0.2) is 30.3 Å². The molecule has 1 aliphatic heterocycles. The van der Waals surface area contributed by atoms with Crippen LogP contribution in [-0.2, 0) is 35.8 Å². The van der Waals surface area contributed by atoms with E-state index in [1.165, 1.54) is 15.6 Å². The fourth-order valence-corrected chi connectivity index (χ4v) is 8.41. The molecule has 15 nitrogen and oxygen atoms in total. The molecule has 0 atom stereocenters. The number of aromatic nitrogens is 1. The van der Waals surface area contributed by atoms with Gasteiger partial charge >= 0.3 is 0 Å². The van der Waals surface area contributed by atoms with Crippen LogP contribution in [0.25, 0.3) is 11.1 Å². The molecule has 1 aromatic heterocycles. The smallest absolute Gasteiger partial charge is 0.269 e. The fourth-order valence-electron chi connectivity index (χ4n) is 4.16. The minimum absolute atomic E-state index is 0.226. The van der Waals surface area contributed by atoms with Crippen LogP contribution in [0.3, 0.4) is 0 Å². The van der Waals surface area contributed by atoms with E-state index < -0.39 is 87.8 Å². The molecule has 0 spiro atoms. The Morgan fingerprint density at radius 2 is 1.32 bits per heavy atom. The Morgan fingerprint density at radius 3 is 1.80 bits per heavy atom. The Morgan fingerprint density at radius 1 is 0.818 bits per heavy atom. The molecule has 1 aromatic carbocycles. The highest BCUT2D eigenvalue weighted by Gasteiger charge is 2.33. The van der Waals surface area contributed by atoms with Gasteiger partial charge in [-0.2, -0.15) is 25.3 Å². The third kappa shape index (κ3) is 10.2. The van der Waals surface area contributed by atoms with Crippen LogP contribution in [0.5, 0.6) is 0 Å². The quantitative estimate of drug-likeness (QED) is 0.110. The van der Waals surface area contributed by atoms with E-state index in [1.807, 2.05) is 19.1 Å². The van der Waals surface area contributed by atoms with Crippen LogP contribution in [0, 0.1) is 0 Å². The molecule has 0 unspecified atom stereocenters. The van der Waals surface area contributed by atoms with Gasteiger partial charge in [-0.25, -0.2) is 4.98 Å². The number of rotatable bonds is 13. The zero-order chi connectivity index (χ0) is 33.1. The van der Waals surface area contributed by atoms with E-state index in [9.17, 15) is 34.8 Å². The molecular formula is C25H33IN4O11S3. The zero-order valence-electron chi connectivity index (χ0n) is 23.9. The molecule has 0 radical (unpaired) electrons. The third-order valence-corrected chi connectivity index (χ3v) is 12.6. The summed E-state index contributed by atoms with van der Waals surface area (Å²) in [5, 5.41) is 4.63. The molecule has 2 heterocycles. The summed E-state index contributed by atoms with van der Waals surface area (Å²) >= 11 is -0.629. The van der Waals surface area contributed by atoms with E-state index in [2.05, 4.69) is 32.6 Å². The average molecular weight is 789 g/mol. The third-order valence-electron chi connectivity index (χ3n) is 6.69. The number of benzene rings is 1. The maximum absolute atomic E-state index is 12.9. The van der Waals surface area contributed by atoms with Gasteiger partial charge in [0.15, 0.2) is 0 Å². The van der Waals surface area contributed by atoms with Crippen molar-refractivity contribution in [2.45, 2.75) is 32.6 Å². The van der Waals surface area contributed by atoms with Gasteiger partial charge in [-0.05, 0) is 78.8 Å². The molecule has 2 aromatic rings. The van der Waals surface area contributed by atoms with Crippen molar-refractivity contribution in [1.29, 1.82) is 0 Å². The largest absolute Gasteiger partial charge is 0.350 e. The van der Waals surface area contributed by atoms with Crippen molar-refractivity contribution in [2.24, 2.45) is 0 Å². The predicted molar refractivity (Wildman–Crippen MR) is 173 cm³/mol. The second-order valence-corrected chi connectivity index (χ2v) is 18.4. The monoisotopic (exact) mass is 788 g/mol. The number of nitrogens with zero attached hydrogens (tertiary/aromatic N) is 2. The number of nitrogens with one attached hydrogen (secondary N) is 2. The van der Waals surface area contributed by atoms with Gasteiger partial charge in [0.1, 0.15) is 11.4 Å². The van der Waals surface area contributed by atoms with Crippen molar-refractivity contribution in [3.05, 3.63) is 47.3 Å². The number of hydrogen-bond acceptors (Lipinski definition) is 10. The maximum Gasteiger partial charge on any atom is 0.269 e. The first-order valence-corrected chi connectivity index (χ1v) is 19.9. The topological polar surface area (TPSA) is 237 Å². The zero-order valence-corrected chi connectivity index (χ0v) is 28.5. The summed E-state index contributed by atoms with van der Waals surface area (Å²) in [5.41, 5.74) is 1.87. The number of pyridine rings is 1. The van der Waals surface area contributed by atoms with Crippen molar-refractivity contribution in [2.75, 3.05) is 40.0 Å². The first-order chi connectivity index (χ1) is 20.2. The summed E-state index contributed by atoms with van der Waals surface area (Å²) in [4.78, 5) is 29.8. The van der Waals surface area contributed by atoms with E-state index in [1.54, 1.807) is 6.07 Å². The lowest BCUT2D eigenvalue weighted by molar-refractivity contribution is 0.0947. The molecule has 1 aliphatic rings. The molecule has 5 N–H and O–H groups in total. The van der Waals surface area contributed by atoms with Crippen LogP contribution >= 0.6 is 21.0 Å². The maximum atomic E-state index is 12.9. The molecule has 44 heavy (non-hydrogen) atoms. The number of anilines is 1. The van der Waals surface area contributed by atoms with Gasteiger partial charge in [0.2, 0.25) is 0 Å². The summed E-state index contributed by atoms with van der Waals surface area (Å²) in [5.74, 6) is -3.54. The first kappa shape index (κ1) is 35.9. The van der Waals surface area contributed by atoms with Gasteiger partial charge in [-0.3, -0.25) is 23.2 Å². The summed E-state index contributed by atoms with van der Waals surface area (Å²) in [6.07, 6.45) is 0.226. The fraction of sp³-hybridized carbons (Fsp3) is 0.440. The Labute approximate surface area is 266 Å². The number of halogens is 1. The van der Waals surface area contributed by atoms with Gasteiger partial charge in [-0.15, -0.1) is 0 Å². The van der Waals surface area contributed by atoms with E-state index in [0.717, 1.165) is 11.3 Å². The molecule has 0 saturated heterocycles. The molecule has 0 fully saturated rings. The van der Waals surface area contributed by atoms with Crippen molar-refractivity contribution in [1.82, 2.24) is 15.6 Å². The Bertz CT molecular complexity index is 1740. The van der Waals surface area contributed by atoms with Crippen LogP contribution < -0.4 is 13.7 Å². The summed E-state index contributed by atoms with van der Waals surface area (Å²) in [7, 11) is -12.8. The number of carbonyl (C=O) groups is 2. The van der Waals surface area contributed by atoms with Crippen LogP contribution in [0.2, 0.25) is 0 Å². The molecule has 19 heteroatoms. The van der Waals surface area contributed by atoms with Crippen molar-refractivity contribution in [3.63, 3.8) is 0 Å². The summed E-state index contributed by atoms with van der Waals surface area (Å²) in [6.45, 7) is 5.67. The lowest BCUT2D eigenvalue weighted by Gasteiger charge is -2.38. The van der Waals surface area contributed by atoms with Crippen molar-refractivity contribution < 1.29 is 48.5 Å². The highest BCUT2D eigenvalue weighted by molar-refractivity contribution is 14.2. The molecule has 244 valence electrons. The SMILES string of the molecule is CC1=IN(CCCS(=O)(=O)O)c2ccc(-c3cc(C(=O)NCCS(=O)(=O)O)nc(C(=O)NCCS(=O)(=O)O)c3)cc2C1(C)C. The van der Waals surface area contributed by atoms with E-state index in [4.69, 9.17) is 13.7 Å². The predicted octanol–water partition coefficient (Wildman–Crippen LogP) is 1.44. The molecular weight excluding hydrogens is 755 g/mol. The van der Waals surface area contributed by atoms with Gasteiger partial charge in [0, 0.05) is 30.7 Å². The summed E-state index contributed by atoms with van der Waals surface area (Å²) in [6, 6.07) is 8.27. The van der Waals surface area contributed by atoms with Crippen molar-refractivity contribution in [3.8, 4) is 11.1 Å². The first-order valence-electron chi connectivity index (χ1n) is 13.0. The van der Waals surface area contributed by atoms with Gasteiger partial charge in [0.05, 0.1) is 17.3 Å². The van der Waals surface area contributed by atoms with Crippen molar-refractivity contribution >= 4 is 72.4 Å². The molecule has 0 bridgehead atoms. The van der Waals surface area contributed by atoms with Gasteiger partial charge < -0.3 is 13.7 Å². The normalized spacial score (nSPS) is 15.0. The van der Waals surface area contributed by atoms with E-state index in [-0.39, 0.29) is 29.0 Å². The highest BCUT2D eigenvalue weighted by Crippen LogP contribution is 2.44. The molecule has 3 rings (SSSR count). The number of hydrogen-bond donors (Lipinski definition) is 5. The average Bonchev–Trinajstić information content (AvgIpc) is 2.89. The lowest BCUT2D eigenvalue weighted by atomic mass is 9.80. The standard InChI is InChI=1S/C25H33IN4O11S3/c1-16-25(2,3)19-13-17(5-6-22(19)30(26-16)9-4-10-42(33,34)35)18-14-20(23(31)27-7-11-43(36,37)38)29-21(15-18)24(32)28-8-12-44(39,40)41/h5-6,13-15H,4,7-12H2,1-3H3,(H,27,31)(H,28,32)(H,33,34,35)(H,36,37,38)(H,39,40,41). The van der Waals surface area contributed by atoms with Crippen LogP contribution in [-0.4, -0.2) is 96.1 Å². The Balaban J connectivity index is 2.03. The minimum atomic E-state index is -4.35. The second-order valence-electron chi connectivity index (χ2n) is 10.4. The Hall–Kier alpha value is -2.56. The van der Waals surface area contributed by atoms with Gasteiger partial charge in [-0.1, -0.05) is 19.9 Å². The lowest BCUT2D eigenvalue weighted by Crippen LogP contribution is -2.34.